The minimum absolute atomic E-state index is 0.0427. The monoisotopic (exact) mass is 466 g/mol. The molecule has 2 aromatic heterocycles. The Morgan fingerprint density at radius 2 is 1.84 bits per heavy atom. The molecule has 1 amide bonds. The Bertz CT molecular complexity index is 1100. The highest BCUT2D eigenvalue weighted by atomic mass is 32.2. The van der Waals surface area contributed by atoms with Crippen molar-refractivity contribution in [3.63, 3.8) is 0 Å². The lowest BCUT2D eigenvalue weighted by Crippen LogP contribution is -2.36. The molecule has 0 bridgehead atoms. The second-order valence-electron chi connectivity index (χ2n) is 7.79. The van der Waals surface area contributed by atoms with E-state index in [1.54, 1.807) is 24.2 Å². The number of aromatic nitrogens is 2. The molecule has 168 valence electrons. The van der Waals surface area contributed by atoms with Gasteiger partial charge >= 0.3 is 5.97 Å². The van der Waals surface area contributed by atoms with Crippen LogP contribution < -0.4 is 0 Å². The van der Waals surface area contributed by atoms with E-state index in [0.717, 1.165) is 41.9 Å². The van der Waals surface area contributed by atoms with Crippen LogP contribution in [0.15, 0.2) is 16.5 Å². The summed E-state index contributed by atoms with van der Waals surface area (Å²) in [5.41, 5.74) is 1.28. The van der Waals surface area contributed by atoms with Crippen LogP contribution in [0, 0.1) is 0 Å². The van der Waals surface area contributed by atoms with Gasteiger partial charge in [0.1, 0.15) is 9.90 Å². The fourth-order valence-corrected chi connectivity index (χ4v) is 7.74. The Hall–Kier alpha value is -2.24. The van der Waals surface area contributed by atoms with Gasteiger partial charge in [0.15, 0.2) is 0 Å². The zero-order chi connectivity index (χ0) is 22.2. The number of ether oxygens (including phenoxy) is 1. The largest absolute Gasteiger partial charge is 0.465 e. The molecule has 9 nitrogen and oxygen atoms in total. The molecule has 4 heterocycles. The molecule has 1 fully saturated rings. The van der Waals surface area contributed by atoms with E-state index in [2.05, 4.69) is 5.10 Å². The van der Waals surface area contributed by atoms with Crippen molar-refractivity contribution in [2.75, 3.05) is 26.7 Å². The van der Waals surface area contributed by atoms with E-state index in [9.17, 15) is 18.0 Å². The average molecular weight is 467 g/mol. The Balaban J connectivity index is 1.71. The standard InChI is InChI=1S/C20H26N4O5S2/c1-22-15(7-9-21-22)18(25)23-12-8-14-16(13-23)30-20(17(14)19(26)29-2)31(27,28)24-10-5-3-4-6-11-24/h7,9H,3-6,8,10-13H2,1-2H3. The quantitative estimate of drug-likeness (QED) is 0.639. The predicted octanol–water partition coefficient (Wildman–Crippen LogP) is 2.03. The molecule has 0 spiro atoms. The number of nitrogens with zero attached hydrogens (tertiary/aromatic N) is 4. The maximum Gasteiger partial charge on any atom is 0.340 e. The van der Waals surface area contributed by atoms with Crippen molar-refractivity contribution in [2.24, 2.45) is 7.05 Å². The summed E-state index contributed by atoms with van der Waals surface area (Å²) in [5.74, 6) is -0.812. The van der Waals surface area contributed by atoms with Crippen LogP contribution in [0.4, 0.5) is 0 Å². The first-order valence-electron chi connectivity index (χ1n) is 10.3. The lowest BCUT2D eigenvalue weighted by Gasteiger charge is -2.27. The number of esters is 1. The number of methoxy groups -OCH3 is 1. The molecule has 0 radical (unpaired) electrons. The van der Waals surface area contributed by atoms with Gasteiger partial charge < -0.3 is 9.64 Å². The third kappa shape index (κ3) is 4.01. The summed E-state index contributed by atoms with van der Waals surface area (Å²) in [4.78, 5) is 27.9. The minimum Gasteiger partial charge on any atom is -0.465 e. The fraction of sp³-hybridized carbons (Fsp3) is 0.550. The third-order valence-corrected chi connectivity index (χ3v) is 9.49. The number of carbonyl (C=O) groups excluding carboxylic acids is 2. The SMILES string of the molecule is COC(=O)c1c(S(=O)(=O)N2CCCCCC2)sc2c1CCN(C(=O)c1ccnn1C)C2. The highest BCUT2D eigenvalue weighted by Crippen LogP contribution is 2.38. The number of carbonyl (C=O) groups is 2. The van der Waals surface area contributed by atoms with Gasteiger partial charge in [0, 0.05) is 37.8 Å². The molecule has 0 aliphatic carbocycles. The molecule has 2 aliphatic rings. The van der Waals surface area contributed by atoms with Crippen LogP contribution in [-0.2, 0) is 34.8 Å². The first-order chi connectivity index (χ1) is 14.8. The Labute approximate surface area is 185 Å². The molecule has 0 atom stereocenters. The van der Waals surface area contributed by atoms with Crippen molar-refractivity contribution in [3.8, 4) is 0 Å². The van der Waals surface area contributed by atoms with Gasteiger partial charge in [-0.05, 0) is 30.9 Å². The summed E-state index contributed by atoms with van der Waals surface area (Å²) >= 11 is 1.09. The van der Waals surface area contributed by atoms with Crippen molar-refractivity contribution in [1.82, 2.24) is 19.0 Å². The van der Waals surface area contributed by atoms with E-state index in [0.29, 0.717) is 37.3 Å². The predicted molar refractivity (Wildman–Crippen MR) is 115 cm³/mol. The highest BCUT2D eigenvalue weighted by Gasteiger charge is 2.38. The maximum atomic E-state index is 13.5. The average Bonchev–Trinajstić information content (AvgIpc) is 3.25. The van der Waals surface area contributed by atoms with E-state index in [4.69, 9.17) is 4.74 Å². The summed E-state index contributed by atoms with van der Waals surface area (Å²) in [6.07, 6.45) is 5.59. The van der Waals surface area contributed by atoms with Crippen molar-refractivity contribution in [3.05, 3.63) is 34.0 Å². The molecule has 2 aromatic rings. The molecular weight excluding hydrogens is 440 g/mol. The van der Waals surface area contributed by atoms with Crippen molar-refractivity contribution in [1.29, 1.82) is 0 Å². The van der Waals surface area contributed by atoms with Crippen LogP contribution >= 0.6 is 11.3 Å². The number of thiophene rings is 1. The van der Waals surface area contributed by atoms with Gasteiger partial charge in [-0.3, -0.25) is 9.48 Å². The van der Waals surface area contributed by atoms with Gasteiger partial charge in [0.25, 0.3) is 15.9 Å². The van der Waals surface area contributed by atoms with Crippen LogP contribution in [0.3, 0.4) is 0 Å². The lowest BCUT2D eigenvalue weighted by atomic mass is 10.0. The van der Waals surface area contributed by atoms with Crippen molar-refractivity contribution < 1.29 is 22.7 Å². The Morgan fingerprint density at radius 1 is 1.13 bits per heavy atom. The molecule has 2 aliphatic heterocycles. The molecule has 1 saturated heterocycles. The molecule has 0 unspecified atom stereocenters. The van der Waals surface area contributed by atoms with E-state index >= 15 is 0 Å². The molecule has 4 rings (SSSR count). The zero-order valence-electron chi connectivity index (χ0n) is 17.7. The van der Waals surface area contributed by atoms with Crippen LogP contribution in [0.25, 0.3) is 0 Å². The zero-order valence-corrected chi connectivity index (χ0v) is 19.3. The smallest absolute Gasteiger partial charge is 0.340 e. The van der Waals surface area contributed by atoms with Gasteiger partial charge in [-0.2, -0.15) is 9.40 Å². The number of aryl methyl sites for hydroxylation is 1. The Kier molecular flexibility index (Phi) is 6.18. The van der Waals surface area contributed by atoms with Gasteiger partial charge in [0.05, 0.1) is 19.2 Å². The van der Waals surface area contributed by atoms with Crippen LogP contribution in [0.2, 0.25) is 0 Å². The minimum atomic E-state index is -3.82. The topological polar surface area (TPSA) is 102 Å². The number of hydrogen-bond donors (Lipinski definition) is 0. The molecule has 0 aromatic carbocycles. The summed E-state index contributed by atoms with van der Waals surface area (Å²) in [5, 5.41) is 4.05. The molecule has 11 heteroatoms. The molecule has 31 heavy (non-hydrogen) atoms. The van der Waals surface area contributed by atoms with E-state index in [1.165, 1.54) is 16.1 Å². The summed E-state index contributed by atoms with van der Waals surface area (Å²) < 4.78 is 35.0. The number of fused-ring (bicyclic) bond motifs is 1. The molecule has 0 saturated carbocycles. The summed E-state index contributed by atoms with van der Waals surface area (Å²) in [6, 6.07) is 1.65. The van der Waals surface area contributed by atoms with E-state index in [-0.39, 0.29) is 22.2 Å². The highest BCUT2D eigenvalue weighted by molar-refractivity contribution is 7.91. The molecule has 0 N–H and O–H groups in total. The van der Waals surface area contributed by atoms with Crippen molar-refractivity contribution in [2.45, 2.75) is 42.9 Å². The fourth-order valence-electron chi connectivity index (χ4n) is 4.19. The number of hydrogen-bond acceptors (Lipinski definition) is 7. The first-order valence-corrected chi connectivity index (χ1v) is 12.6. The van der Waals surface area contributed by atoms with Crippen LogP contribution in [0.5, 0.6) is 0 Å². The van der Waals surface area contributed by atoms with Gasteiger partial charge in [0.2, 0.25) is 0 Å². The lowest BCUT2D eigenvalue weighted by molar-refractivity contribution is 0.0595. The van der Waals surface area contributed by atoms with Crippen LogP contribution in [0.1, 0.15) is 57.0 Å². The number of sulfonamides is 1. The van der Waals surface area contributed by atoms with E-state index in [1.807, 2.05) is 0 Å². The summed E-state index contributed by atoms with van der Waals surface area (Å²) in [6.45, 7) is 1.55. The maximum absolute atomic E-state index is 13.5. The molecular formula is C20H26N4O5S2. The van der Waals surface area contributed by atoms with Crippen molar-refractivity contribution >= 4 is 33.2 Å². The second kappa shape index (κ2) is 8.71. The van der Waals surface area contributed by atoms with Gasteiger partial charge in [-0.1, -0.05) is 12.8 Å². The van der Waals surface area contributed by atoms with E-state index < -0.39 is 16.0 Å². The number of amides is 1. The van der Waals surface area contributed by atoms with Gasteiger partial charge in [-0.25, -0.2) is 13.2 Å². The van der Waals surface area contributed by atoms with Crippen LogP contribution in [-0.4, -0.2) is 66.0 Å². The Morgan fingerprint density at radius 3 is 2.45 bits per heavy atom. The van der Waals surface area contributed by atoms with Gasteiger partial charge in [-0.15, -0.1) is 11.3 Å². The third-order valence-electron chi connectivity index (χ3n) is 5.88. The first kappa shape index (κ1) is 22.0. The normalized spacial score (nSPS) is 17.8. The second-order valence-corrected chi connectivity index (χ2v) is 11.0. The summed E-state index contributed by atoms with van der Waals surface area (Å²) in [7, 11) is -0.856. The number of rotatable bonds is 4.